The molecule has 4 nitrogen and oxygen atoms in total. The van der Waals surface area contributed by atoms with Crippen LogP contribution in [0.2, 0.25) is 0 Å². The third-order valence-corrected chi connectivity index (χ3v) is 6.43. The van der Waals surface area contributed by atoms with Gasteiger partial charge in [0.1, 0.15) is 11.6 Å². The molecule has 26 heavy (non-hydrogen) atoms. The second-order valence-corrected chi connectivity index (χ2v) is 8.36. The molecular weight excluding hydrogens is 380 g/mol. The Labute approximate surface area is 154 Å². The van der Waals surface area contributed by atoms with E-state index in [1.165, 1.54) is 48.2 Å². The summed E-state index contributed by atoms with van der Waals surface area (Å²) < 4.78 is 57.7. The van der Waals surface area contributed by atoms with Crippen molar-refractivity contribution in [2.45, 2.75) is 28.4 Å². The Hall–Kier alpha value is -2.19. The summed E-state index contributed by atoms with van der Waals surface area (Å²) in [6.45, 7) is 1.96. The summed E-state index contributed by atoms with van der Waals surface area (Å²) in [5, 5.41) is -0.0580. The predicted octanol–water partition coefficient (Wildman–Crippen LogP) is 4.95. The summed E-state index contributed by atoms with van der Waals surface area (Å²) in [6.07, 6.45) is 0.813. The first-order valence-electron chi connectivity index (χ1n) is 7.82. The van der Waals surface area contributed by atoms with Crippen molar-refractivity contribution in [2.75, 3.05) is 5.75 Å². The highest BCUT2D eigenvalue weighted by Gasteiger charge is 2.28. The van der Waals surface area contributed by atoms with Crippen LogP contribution in [-0.2, 0) is 9.84 Å². The van der Waals surface area contributed by atoms with E-state index in [2.05, 4.69) is 4.98 Å². The topological polar surface area (TPSA) is 60.2 Å². The monoisotopic (exact) mass is 395 g/mol. The van der Waals surface area contributed by atoms with Gasteiger partial charge in [0.15, 0.2) is 0 Å². The Kier molecular flexibility index (Phi) is 5.43. The fourth-order valence-corrected chi connectivity index (χ4v) is 4.57. The van der Waals surface area contributed by atoms with E-state index in [1.54, 1.807) is 0 Å². The van der Waals surface area contributed by atoms with Crippen LogP contribution in [0.25, 0.3) is 11.5 Å². The van der Waals surface area contributed by atoms with E-state index in [1.807, 2.05) is 6.92 Å². The van der Waals surface area contributed by atoms with Crippen LogP contribution < -0.4 is 0 Å². The highest BCUT2D eigenvalue weighted by molar-refractivity contribution is 8.00. The van der Waals surface area contributed by atoms with Crippen LogP contribution in [0.4, 0.5) is 8.78 Å². The van der Waals surface area contributed by atoms with E-state index in [9.17, 15) is 17.2 Å². The smallest absolute Gasteiger partial charge is 0.228 e. The largest absolute Gasteiger partial charge is 0.428 e. The minimum atomic E-state index is -3.98. The van der Waals surface area contributed by atoms with Crippen LogP contribution in [0, 0.1) is 11.6 Å². The average Bonchev–Trinajstić information content (AvgIpc) is 3.06. The molecule has 0 amide bonds. The SMILES string of the molecule is CCCSc1oc(-c2ccc(F)cc2)nc1S(=O)(=O)c1ccc(F)cc1. The van der Waals surface area contributed by atoms with Gasteiger partial charge in [-0.3, -0.25) is 0 Å². The lowest BCUT2D eigenvalue weighted by atomic mass is 10.2. The molecular formula is C18H15F2NO3S2. The first-order valence-corrected chi connectivity index (χ1v) is 10.3. The second kappa shape index (κ2) is 7.59. The lowest BCUT2D eigenvalue weighted by Gasteiger charge is -2.03. The molecule has 0 N–H and O–H groups in total. The lowest BCUT2D eigenvalue weighted by molar-refractivity contribution is 0.470. The summed E-state index contributed by atoms with van der Waals surface area (Å²) in [5.41, 5.74) is 0.463. The Balaban J connectivity index is 2.09. The molecule has 0 bridgehead atoms. The molecule has 2 aromatic carbocycles. The molecule has 0 radical (unpaired) electrons. The quantitative estimate of drug-likeness (QED) is 0.436. The summed E-state index contributed by atoms with van der Waals surface area (Å²) in [5.74, 6) is -0.217. The van der Waals surface area contributed by atoms with E-state index >= 15 is 0 Å². The molecule has 0 unspecified atom stereocenters. The molecule has 3 aromatic rings. The van der Waals surface area contributed by atoms with Crippen LogP contribution in [-0.4, -0.2) is 19.2 Å². The van der Waals surface area contributed by atoms with Gasteiger partial charge in [-0.1, -0.05) is 18.7 Å². The van der Waals surface area contributed by atoms with Gasteiger partial charge in [-0.05, 0) is 55.0 Å². The Morgan fingerprint density at radius 3 is 2.15 bits per heavy atom. The minimum Gasteiger partial charge on any atom is -0.428 e. The van der Waals surface area contributed by atoms with Crippen molar-refractivity contribution in [3.63, 3.8) is 0 Å². The molecule has 0 saturated carbocycles. The molecule has 1 heterocycles. The first kappa shape index (κ1) is 18.6. The number of hydrogen-bond acceptors (Lipinski definition) is 5. The van der Waals surface area contributed by atoms with E-state index in [0.717, 1.165) is 18.6 Å². The Morgan fingerprint density at radius 2 is 1.58 bits per heavy atom. The number of oxazole rings is 1. The molecule has 0 fully saturated rings. The van der Waals surface area contributed by atoms with E-state index in [0.29, 0.717) is 11.3 Å². The van der Waals surface area contributed by atoms with Crippen molar-refractivity contribution in [1.29, 1.82) is 0 Å². The Bertz CT molecular complexity index is 998. The number of hydrogen-bond donors (Lipinski definition) is 0. The first-order chi connectivity index (χ1) is 12.4. The molecule has 0 spiro atoms. The zero-order valence-corrected chi connectivity index (χ0v) is 15.4. The van der Waals surface area contributed by atoms with Gasteiger partial charge in [0.05, 0.1) is 4.90 Å². The number of rotatable bonds is 6. The third-order valence-electron chi connectivity index (χ3n) is 3.47. The fourth-order valence-electron chi connectivity index (χ4n) is 2.19. The summed E-state index contributed by atoms with van der Waals surface area (Å²) in [7, 11) is -3.98. The average molecular weight is 395 g/mol. The predicted molar refractivity (Wildman–Crippen MR) is 94.8 cm³/mol. The van der Waals surface area contributed by atoms with Crippen LogP contribution in [0.5, 0.6) is 0 Å². The van der Waals surface area contributed by atoms with Crippen molar-refractivity contribution in [3.05, 3.63) is 60.2 Å². The molecule has 8 heteroatoms. The molecule has 0 aliphatic carbocycles. The molecule has 3 rings (SSSR count). The fraction of sp³-hybridized carbons (Fsp3) is 0.167. The standard InChI is InChI=1S/C18H15F2NO3S2/c1-2-11-25-18-17(26(22,23)15-9-7-14(20)8-10-15)21-16(24-18)12-3-5-13(19)6-4-12/h3-10H,2,11H2,1H3. The highest BCUT2D eigenvalue weighted by Crippen LogP contribution is 2.35. The summed E-state index contributed by atoms with van der Waals surface area (Å²) in [4.78, 5) is 4.07. The summed E-state index contributed by atoms with van der Waals surface area (Å²) >= 11 is 1.23. The maximum atomic E-state index is 13.1. The molecule has 0 saturated heterocycles. The van der Waals surface area contributed by atoms with Gasteiger partial charge in [0, 0.05) is 11.3 Å². The zero-order valence-electron chi connectivity index (χ0n) is 13.8. The van der Waals surface area contributed by atoms with Crippen LogP contribution in [0.3, 0.4) is 0 Å². The molecule has 1 aromatic heterocycles. The third kappa shape index (κ3) is 3.81. The minimum absolute atomic E-state index is 0.0730. The van der Waals surface area contributed by atoms with E-state index in [4.69, 9.17) is 4.42 Å². The van der Waals surface area contributed by atoms with Gasteiger partial charge in [-0.2, -0.15) is 4.98 Å². The van der Waals surface area contributed by atoms with Gasteiger partial charge < -0.3 is 4.42 Å². The van der Waals surface area contributed by atoms with Gasteiger partial charge in [-0.25, -0.2) is 17.2 Å². The van der Waals surface area contributed by atoms with E-state index in [-0.39, 0.29) is 20.9 Å². The molecule has 0 atom stereocenters. The number of nitrogens with zero attached hydrogens (tertiary/aromatic N) is 1. The van der Waals surface area contributed by atoms with Crippen LogP contribution >= 0.6 is 11.8 Å². The normalized spacial score (nSPS) is 11.7. The maximum absolute atomic E-state index is 13.1. The number of benzene rings is 2. The van der Waals surface area contributed by atoms with Crippen molar-refractivity contribution < 1.29 is 21.6 Å². The van der Waals surface area contributed by atoms with Gasteiger partial charge >= 0.3 is 0 Å². The van der Waals surface area contributed by atoms with Gasteiger partial charge in [0.25, 0.3) is 0 Å². The van der Waals surface area contributed by atoms with Crippen molar-refractivity contribution in [1.82, 2.24) is 4.98 Å². The van der Waals surface area contributed by atoms with Crippen molar-refractivity contribution in [3.8, 4) is 11.5 Å². The molecule has 0 aliphatic heterocycles. The van der Waals surface area contributed by atoms with Gasteiger partial charge in [0.2, 0.25) is 25.8 Å². The van der Waals surface area contributed by atoms with E-state index < -0.39 is 21.5 Å². The Morgan fingerprint density at radius 1 is 1.00 bits per heavy atom. The molecule has 0 aliphatic rings. The number of sulfone groups is 1. The zero-order chi connectivity index (χ0) is 18.7. The van der Waals surface area contributed by atoms with Crippen molar-refractivity contribution in [2.24, 2.45) is 0 Å². The van der Waals surface area contributed by atoms with Crippen LogP contribution in [0.1, 0.15) is 13.3 Å². The maximum Gasteiger partial charge on any atom is 0.228 e. The summed E-state index contributed by atoms with van der Waals surface area (Å²) in [6, 6.07) is 9.93. The van der Waals surface area contributed by atoms with Crippen molar-refractivity contribution >= 4 is 21.6 Å². The van der Waals surface area contributed by atoms with Gasteiger partial charge in [-0.15, -0.1) is 0 Å². The second-order valence-electron chi connectivity index (χ2n) is 5.42. The lowest BCUT2D eigenvalue weighted by Crippen LogP contribution is -2.04. The number of aromatic nitrogens is 1. The van der Waals surface area contributed by atoms with Crippen LogP contribution in [0.15, 0.2) is 68.0 Å². The molecule has 136 valence electrons. The number of halogens is 2. The number of thioether (sulfide) groups is 1. The highest BCUT2D eigenvalue weighted by atomic mass is 32.2.